The number of carboxylic acid groups (broad SMARTS) is 1. The fourth-order valence-corrected chi connectivity index (χ4v) is 5.17. The van der Waals surface area contributed by atoms with E-state index in [-0.39, 0.29) is 12.1 Å². The molecule has 0 aliphatic heterocycles. The summed E-state index contributed by atoms with van der Waals surface area (Å²) in [4.78, 5) is 10.6. The lowest BCUT2D eigenvalue weighted by Gasteiger charge is -2.31. The molecule has 0 saturated heterocycles. The standard InChI is InChI=1S/C20H22F3N3O4S/c1-12(2)13-7-14(20(21,22)23)9-15(8-13)31(29,30)25(3)17-5-4-6-18-16(17)10-24-26(18)11-19(27)28/h7-10,17H,1,4-6,11H2,2-3H3,(H,27,28)/t17-/m1/s1. The highest BCUT2D eigenvalue weighted by molar-refractivity contribution is 7.89. The molecule has 2 aromatic rings. The Morgan fingerprint density at radius 2 is 2.03 bits per heavy atom. The monoisotopic (exact) mass is 457 g/mol. The number of aromatic nitrogens is 2. The van der Waals surface area contributed by atoms with E-state index in [0.29, 0.717) is 42.2 Å². The summed E-state index contributed by atoms with van der Waals surface area (Å²) in [5.41, 5.74) is 0.497. The van der Waals surface area contributed by atoms with Crippen molar-refractivity contribution >= 4 is 21.6 Å². The number of aliphatic carboxylic acids is 1. The molecule has 3 rings (SSSR count). The number of alkyl halides is 3. The van der Waals surface area contributed by atoms with Crippen LogP contribution >= 0.6 is 0 Å². The van der Waals surface area contributed by atoms with Crippen LogP contribution in [0.3, 0.4) is 0 Å². The Morgan fingerprint density at radius 3 is 2.61 bits per heavy atom. The number of benzene rings is 1. The van der Waals surface area contributed by atoms with Crippen molar-refractivity contribution in [2.45, 2.75) is 49.8 Å². The van der Waals surface area contributed by atoms with Crippen LogP contribution < -0.4 is 0 Å². The summed E-state index contributed by atoms with van der Waals surface area (Å²) < 4.78 is 69.0. The van der Waals surface area contributed by atoms with Crippen LogP contribution in [0.1, 0.15) is 48.2 Å². The summed E-state index contributed by atoms with van der Waals surface area (Å²) in [5, 5.41) is 13.1. The molecular formula is C20H22F3N3O4S. The first-order valence-corrected chi connectivity index (χ1v) is 10.9. The minimum absolute atomic E-state index is 0.0837. The predicted octanol–water partition coefficient (Wildman–Crippen LogP) is 3.72. The molecule has 1 aliphatic carbocycles. The van der Waals surface area contributed by atoms with Crippen LogP contribution in [-0.2, 0) is 34.0 Å². The van der Waals surface area contributed by atoms with Gasteiger partial charge in [0.25, 0.3) is 0 Å². The molecular weight excluding hydrogens is 435 g/mol. The lowest BCUT2D eigenvalue weighted by atomic mass is 9.93. The minimum atomic E-state index is -4.72. The van der Waals surface area contributed by atoms with Crippen molar-refractivity contribution < 1.29 is 31.5 Å². The number of carbonyl (C=O) groups is 1. The van der Waals surface area contributed by atoms with Gasteiger partial charge in [0.2, 0.25) is 10.0 Å². The summed E-state index contributed by atoms with van der Waals surface area (Å²) in [7, 11) is -2.99. The van der Waals surface area contributed by atoms with Crippen molar-refractivity contribution in [2.75, 3.05) is 7.05 Å². The number of rotatable bonds is 6. The van der Waals surface area contributed by atoms with E-state index in [1.807, 2.05) is 0 Å². The first-order chi connectivity index (χ1) is 14.3. The van der Waals surface area contributed by atoms with Crippen molar-refractivity contribution in [1.82, 2.24) is 14.1 Å². The molecule has 7 nitrogen and oxygen atoms in total. The summed E-state index contributed by atoms with van der Waals surface area (Å²) in [6.45, 7) is 4.77. The van der Waals surface area contributed by atoms with E-state index in [1.54, 1.807) is 0 Å². The Balaban J connectivity index is 2.04. The van der Waals surface area contributed by atoms with Crippen LogP contribution in [0.2, 0.25) is 0 Å². The number of nitrogens with zero attached hydrogens (tertiary/aromatic N) is 3. The van der Waals surface area contributed by atoms with Gasteiger partial charge in [-0.15, -0.1) is 0 Å². The largest absolute Gasteiger partial charge is 0.480 e. The van der Waals surface area contributed by atoms with E-state index in [2.05, 4.69) is 11.7 Å². The molecule has 1 aromatic heterocycles. The average Bonchev–Trinajstić information content (AvgIpc) is 3.08. The van der Waals surface area contributed by atoms with Gasteiger partial charge in [-0.25, -0.2) is 8.42 Å². The van der Waals surface area contributed by atoms with E-state index in [0.717, 1.165) is 10.4 Å². The molecule has 0 fully saturated rings. The van der Waals surface area contributed by atoms with E-state index in [4.69, 9.17) is 5.11 Å². The predicted molar refractivity (Wildman–Crippen MR) is 107 cm³/mol. The Kier molecular flexibility index (Phi) is 6.03. The maximum absolute atomic E-state index is 13.4. The molecule has 0 bridgehead atoms. The van der Waals surface area contributed by atoms with Crippen molar-refractivity contribution in [3.05, 3.63) is 53.4 Å². The first kappa shape index (κ1) is 23.0. The van der Waals surface area contributed by atoms with Crippen molar-refractivity contribution in [3.8, 4) is 0 Å². The van der Waals surface area contributed by atoms with Gasteiger partial charge in [-0.05, 0) is 49.9 Å². The van der Waals surface area contributed by atoms with Gasteiger partial charge in [-0.3, -0.25) is 9.48 Å². The Morgan fingerprint density at radius 1 is 1.35 bits per heavy atom. The van der Waals surface area contributed by atoms with Gasteiger partial charge in [0, 0.05) is 18.3 Å². The lowest BCUT2D eigenvalue weighted by molar-refractivity contribution is -0.138. The van der Waals surface area contributed by atoms with Gasteiger partial charge < -0.3 is 5.11 Å². The molecule has 11 heteroatoms. The third-order valence-electron chi connectivity index (χ3n) is 5.36. The number of fused-ring (bicyclic) bond motifs is 1. The van der Waals surface area contributed by atoms with Crippen LogP contribution in [0.4, 0.5) is 13.2 Å². The van der Waals surface area contributed by atoms with E-state index >= 15 is 0 Å². The van der Waals surface area contributed by atoms with Gasteiger partial charge in [0.1, 0.15) is 6.54 Å². The van der Waals surface area contributed by atoms with Crippen LogP contribution in [0, 0.1) is 0 Å². The SMILES string of the molecule is C=C(C)c1cc(C(F)(F)F)cc(S(=O)(=O)N(C)[C@@H]2CCCc3c2cnn3CC(=O)O)c1. The third-order valence-corrected chi connectivity index (χ3v) is 7.20. The molecule has 0 saturated carbocycles. The summed E-state index contributed by atoms with van der Waals surface area (Å²) in [6, 6.07) is 2.01. The zero-order valence-electron chi connectivity index (χ0n) is 17.0. The van der Waals surface area contributed by atoms with E-state index in [1.165, 1.54) is 30.9 Å². The van der Waals surface area contributed by atoms with Gasteiger partial charge in [0.05, 0.1) is 22.7 Å². The topological polar surface area (TPSA) is 92.5 Å². The molecule has 0 amide bonds. The third kappa shape index (κ3) is 4.52. The first-order valence-electron chi connectivity index (χ1n) is 9.45. The average molecular weight is 457 g/mol. The molecule has 1 N–H and O–H groups in total. The number of hydrogen-bond donors (Lipinski definition) is 1. The van der Waals surface area contributed by atoms with Gasteiger partial charge in [-0.1, -0.05) is 12.2 Å². The highest BCUT2D eigenvalue weighted by Gasteiger charge is 2.37. The van der Waals surface area contributed by atoms with Crippen molar-refractivity contribution in [3.63, 3.8) is 0 Å². The number of allylic oxidation sites excluding steroid dienone is 1. The highest BCUT2D eigenvalue weighted by Crippen LogP contribution is 2.38. The quantitative estimate of drug-likeness (QED) is 0.714. The van der Waals surface area contributed by atoms with Gasteiger partial charge in [0.15, 0.2) is 0 Å². The van der Waals surface area contributed by atoms with Crippen LogP contribution in [-0.4, -0.2) is 40.6 Å². The van der Waals surface area contributed by atoms with Crippen LogP contribution in [0.25, 0.3) is 5.57 Å². The fourth-order valence-electron chi connectivity index (χ4n) is 3.73. The number of halogens is 3. The normalized spacial score (nSPS) is 16.9. The molecule has 1 atom stereocenters. The van der Waals surface area contributed by atoms with Crippen molar-refractivity contribution in [2.24, 2.45) is 0 Å². The summed E-state index contributed by atoms with van der Waals surface area (Å²) in [6.07, 6.45) is -1.73. The van der Waals surface area contributed by atoms with Gasteiger partial charge in [-0.2, -0.15) is 22.6 Å². The summed E-state index contributed by atoms with van der Waals surface area (Å²) in [5.74, 6) is -1.08. The second kappa shape index (κ2) is 8.12. The van der Waals surface area contributed by atoms with Crippen LogP contribution in [0.15, 0.2) is 35.9 Å². The van der Waals surface area contributed by atoms with E-state index < -0.39 is 38.7 Å². The Labute approximate surface area is 177 Å². The number of carboxylic acids is 1. The lowest BCUT2D eigenvalue weighted by Crippen LogP contribution is -2.33. The minimum Gasteiger partial charge on any atom is -0.480 e. The van der Waals surface area contributed by atoms with E-state index in [9.17, 15) is 26.4 Å². The zero-order valence-corrected chi connectivity index (χ0v) is 17.8. The number of sulfonamides is 1. The molecule has 0 radical (unpaired) electrons. The fraction of sp³-hybridized carbons (Fsp3) is 0.400. The van der Waals surface area contributed by atoms with Gasteiger partial charge >= 0.3 is 12.1 Å². The van der Waals surface area contributed by atoms with Crippen molar-refractivity contribution in [1.29, 1.82) is 0 Å². The smallest absolute Gasteiger partial charge is 0.416 e. The Hall–Kier alpha value is -2.66. The second-order valence-corrected chi connectivity index (χ2v) is 9.55. The Bertz CT molecular complexity index is 1140. The zero-order chi connectivity index (χ0) is 23.1. The molecule has 0 unspecified atom stereocenters. The molecule has 1 aromatic carbocycles. The highest BCUT2D eigenvalue weighted by atomic mass is 32.2. The van der Waals surface area contributed by atoms with Crippen LogP contribution in [0.5, 0.6) is 0 Å². The molecule has 168 valence electrons. The maximum Gasteiger partial charge on any atom is 0.416 e. The second-order valence-electron chi connectivity index (χ2n) is 7.55. The maximum atomic E-state index is 13.4. The molecule has 0 spiro atoms. The molecule has 1 aliphatic rings. The molecule has 31 heavy (non-hydrogen) atoms. The summed E-state index contributed by atoms with van der Waals surface area (Å²) >= 11 is 0. The molecule has 1 heterocycles. The number of hydrogen-bond acceptors (Lipinski definition) is 4.